The van der Waals surface area contributed by atoms with Crippen molar-refractivity contribution in [2.45, 2.75) is 11.8 Å². The van der Waals surface area contributed by atoms with Gasteiger partial charge >= 0.3 is 5.97 Å². The highest BCUT2D eigenvalue weighted by Crippen LogP contribution is 2.63. The molecule has 0 spiro atoms. The van der Waals surface area contributed by atoms with Crippen LogP contribution in [0.4, 0.5) is 10.2 Å². The van der Waals surface area contributed by atoms with Crippen molar-refractivity contribution in [2.24, 2.45) is 17.6 Å². The Morgan fingerprint density at radius 2 is 2.11 bits per heavy atom. The molecule has 0 radical (unpaired) electrons. The number of aromatic amines is 1. The zero-order valence-corrected chi connectivity index (χ0v) is 19.3. The summed E-state index contributed by atoms with van der Waals surface area (Å²) < 4.78 is 14.6. The van der Waals surface area contributed by atoms with Gasteiger partial charge < -0.3 is 15.7 Å². The minimum atomic E-state index is -1.05. The lowest BCUT2D eigenvalue weighted by atomic mass is 9.91. The second-order valence-corrected chi connectivity index (χ2v) is 9.58. The van der Waals surface area contributed by atoms with Gasteiger partial charge in [-0.1, -0.05) is 29.8 Å². The van der Waals surface area contributed by atoms with Gasteiger partial charge in [-0.2, -0.15) is 5.10 Å². The van der Waals surface area contributed by atoms with Crippen LogP contribution in [0.3, 0.4) is 0 Å². The number of carboxylic acid groups (broad SMARTS) is 1. The van der Waals surface area contributed by atoms with Crippen LogP contribution in [-0.4, -0.2) is 50.9 Å². The highest BCUT2D eigenvalue weighted by Gasteiger charge is 2.66. The number of aromatic carboxylic acids is 1. The number of hydrogen-bond donors (Lipinski definition) is 3. The molecule has 0 unspecified atom stereocenters. The van der Waals surface area contributed by atoms with Crippen LogP contribution in [0.5, 0.6) is 0 Å². The number of nitrogens with two attached hydrogens (primary N) is 1. The van der Waals surface area contributed by atoms with E-state index in [9.17, 15) is 14.3 Å². The number of nitrogens with zero attached hydrogens (tertiary/aromatic N) is 4. The average molecular weight is 493 g/mol. The summed E-state index contributed by atoms with van der Waals surface area (Å²) in [6.45, 7) is 1.88. The Balaban J connectivity index is 1.30. The Morgan fingerprint density at radius 3 is 2.89 bits per heavy atom. The Morgan fingerprint density at radius 1 is 1.29 bits per heavy atom. The molecule has 2 aromatic heterocycles. The maximum Gasteiger partial charge on any atom is 0.335 e. The number of hydrogen-bond acceptors (Lipinski definition) is 6. The van der Waals surface area contributed by atoms with Crippen LogP contribution in [0.2, 0.25) is 5.02 Å². The van der Waals surface area contributed by atoms with Crippen molar-refractivity contribution in [1.29, 1.82) is 0 Å². The first-order valence-electron chi connectivity index (χ1n) is 11.4. The second kappa shape index (κ2) is 8.00. The molecule has 35 heavy (non-hydrogen) atoms. The molecule has 0 bridgehead atoms. The summed E-state index contributed by atoms with van der Waals surface area (Å²) in [5, 5.41) is 16.9. The van der Waals surface area contributed by atoms with Gasteiger partial charge in [-0.15, -0.1) is 0 Å². The normalized spacial score (nSPS) is 23.3. The van der Waals surface area contributed by atoms with Crippen LogP contribution >= 0.6 is 11.6 Å². The molecule has 0 amide bonds. The van der Waals surface area contributed by atoms with E-state index in [1.54, 1.807) is 12.3 Å². The van der Waals surface area contributed by atoms with Gasteiger partial charge in [-0.05, 0) is 48.1 Å². The second-order valence-electron chi connectivity index (χ2n) is 9.17. The molecule has 1 saturated heterocycles. The van der Waals surface area contributed by atoms with Crippen molar-refractivity contribution in [3.8, 4) is 11.3 Å². The molecule has 4 aromatic rings. The number of rotatable bonds is 5. The van der Waals surface area contributed by atoms with Gasteiger partial charge in [0.1, 0.15) is 17.2 Å². The molecule has 6 rings (SSSR count). The number of aromatic nitrogens is 4. The monoisotopic (exact) mass is 492 g/mol. The number of benzene rings is 2. The van der Waals surface area contributed by atoms with E-state index in [-0.39, 0.29) is 22.7 Å². The Labute approximate surface area is 204 Å². The molecule has 1 aliphatic heterocycles. The van der Waals surface area contributed by atoms with Gasteiger partial charge in [0.25, 0.3) is 0 Å². The SMILES string of the molecule is NC[C@]1(c2ccccc2F)[C@@H]2CCN(c3cnc4c(-c5cc(C(=O)O)ccc5Cl)[nH]nc4n3)C[C@@H]21. The molecule has 10 heteroatoms. The van der Waals surface area contributed by atoms with Crippen LogP contribution < -0.4 is 10.6 Å². The van der Waals surface area contributed by atoms with Crippen LogP contribution in [0, 0.1) is 17.7 Å². The lowest BCUT2D eigenvalue weighted by Gasteiger charge is -2.26. The van der Waals surface area contributed by atoms with Crippen LogP contribution in [0.1, 0.15) is 22.3 Å². The van der Waals surface area contributed by atoms with E-state index in [4.69, 9.17) is 22.3 Å². The maximum atomic E-state index is 14.6. The number of nitrogens with one attached hydrogen (secondary N) is 1. The minimum absolute atomic E-state index is 0.113. The predicted octanol–water partition coefficient (Wildman–Crippen LogP) is 3.86. The summed E-state index contributed by atoms with van der Waals surface area (Å²) in [6.07, 6.45) is 2.57. The average Bonchev–Trinajstić information content (AvgIpc) is 3.33. The van der Waals surface area contributed by atoms with Gasteiger partial charge in [0.2, 0.25) is 5.65 Å². The van der Waals surface area contributed by atoms with E-state index >= 15 is 0 Å². The summed E-state index contributed by atoms with van der Waals surface area (Å²) in [5.74, 6) is 0.0222. The minimum Gasteiger partial charge on any atom is -0.478 e. The van der Waals surface area contributed by atoms with E-state index < -0.39 is 5.97 Å². The summed E-state index contributed by atoms with van der Waals surface area (Å²) in [5.41, 5.74) is 8.60. The van der Waals surface area contributed by atoms with Crippen molar-refractivity contribution in [1.82, 2.24) is 20.2 Å². The highest BCUT2D eigenvalue weighted by molar-refractivity contribution is 6.33. The molecular weight excluding hydrogens is 471 g/mol. The number of piperidine rings is 1. The third kappa shape index (κ3) is 3.30. The van der Waals surface area contributed by atoms with E-state index in [1.807, 2.05) is 12.1 Å². The van der Waals surface area contributed by atoms with Gasteiger partial charge in [0.15, 0.2) is 0 Å². The number of carboxylic acids is 1. The van der Waals surface area contributed by atoms with E-state index in [2.05, 4.69) is 20.1 Å². The summed E-state index contributed by atoms with van der Waals surface area (Å²) in [4.78, 5) is 22.8. The molecular formula is C25H22ClFN6O2. The third-order valence-corrected chi connectivity index (χ3v) is 7.93. The van der Waals surface area contributed by atoms with E-state index in [0.29, 0.717) is 57.8 Å². The first kappa shape index (κ1) is 21.9. The molecule has 2 fully saturated rings. The number of H-pyrrole nitrogens is 1. The molecule has 1 saturated carbocycles. The number of carbonyl (C=O) groups is 1. The summed E-state index contributed by atoms with van der Waals surface area (Å²) in [6, 6.07) is 11.4. The van der Waals surface area contributed by atoms with E-state index in [0.717, 1.165) is 13.0 Å². The van der Waals surface area contributed by atoms with Crippen LogP contribution in [0.25, 0.3) is 22.4 Å². The summed E-state index contributed by atoms with van der Waals surface area (Å²) in [7, 11) is 0. The first-order chi connectivity index (χ1) is 16.9. The Kier molecular flexibility index (Phi) is 5.01. The van der Waals surface area contributed by atoms with Gasteiger partial charge in [0.05, 0.1) is 22.5 Å². The largest absolute Gasteiger partial charge is 0.478 e. The molecule has 8 nitrogen and oxygen atoms in total. The topological polar surface area (TPSA) is 121 Å². The van der Waals surface area contributed by atoms with E-state index in [1.165, 1.54) is 24.3 Å². The fraction of sp³-hybridized carbons (Fsp3) is 0.280. The standard InChI is InChI=1S/C25H22ClFN6O2/c26-18-6-5-13(24(34)35)9-14(18)21-22-23(32-31-21)30-20(10-29-22)33-8-7-15-17(11-33)25(15,12-28)16-3-1-2-4-19(16)27/h1-6,9-10,15,17H,7-8,11-12,28H2,(H,34,35)(H,30,31,32)/t15-,17+,25-/m1/s1. The molecule has 3 atom stereocenters. The Bertz CT molecular complexity index is 1480. The smallest absolute Gasteiger partial charge is 0.335 e. The van der Waals surface area contributed by atoms with Crippen LogP contribution in [-0.2, 0) is 5.41 Å². The van der Waals surface area contributed by atoms with Crippen molar-refractivity contribution >= 4 is 34.6 Å². The Hall–Kier alpha value is -3.56. The first-order valence-corrected chi connectivity index (χ1v) is 11.8. The summed E-state index contributed by atoms with van der Waals surface area (Å²) >= 11 is 6.33. The fourth-order valence-corrected chi connectivity index (χ4v) is 6.02. The third-order valence-electron chi connectivity index (χ3n) is 7.60. The molecule has 2 aliphatic rings. The van der Waals surface area contributed by atoms with Crippen molar-refractivity contribution in [3.63, 3.8) is 0 Å². The number of halogens is 2. The van der Waals surface area contributed by atoms with Crippen molar-refractivity contribution in [2.75, 3.05) is 24.5 Å². The van der Waals surface area contributed by atoms with Gasteiger partial charge in [0, 0.05) is 30.6 Å². The molecule has 4 N–H and O–H groups in total. The highest BCUT2D eigenvalue weighted by atomic mass is 35.5. The van der Waals surface area contributed by atoms with Gasteiger partial charge in [-0.3, -0.25) is 5.10 Å². The fourth-order valence-electron chi connectivity index (χ4n) is 5.81. The molecule has 178 valence electrons. The van der Waals surface area contributed by atoms with Crippen molar-refractivity contribution in [3.05, 3.63) is 70.6 Å². The quantitative estimate of drug-likeness (QED) is 0.386. The maximum absolute atomic E-state index is 14.6. The lowest BCUT2D eigenvalue weighted by Crippen LogP contribution is -2.32. The zero-order valence-electron chi connectivity index (χ0n) is 18.6. The number of fused-ring (bicyclic) bond motifs is 2. The predicted molar refractivity (Wildman–Crippen MR) is 130 cm³/mol. The molecule has 1 aliphatic carbocycles. The molecule has 3 heterocycles. The van der Waals surface area contributed by atoms with Gasteiger partial charge in [-0.25, -0.2) is 19.2 Å². The lowest BCUT2D eigenvalue weighted by molar-refractivity contribution is 0.0697. The van der Waals surface area contributed by atoms with Crippen LogP contribution in [0.15, 0.2) is 48.7 Å². The molecule has 2 aromatic carbocycles. The zero-order chi connectivity index (χ0) is 24.3. The number of anilines is 1. The van der Waals surface area contributed by atoms with Crippen molar-refractivity contribution < 1.29 is 14.3 Å².